The van der Waals surface area contributed by atoms with E-state index in [4.69, 9.17) is 11.5 Å². The molecule has 0 unspecified atom stereocenters. The van der Waals surface area contributed by atoms with Crippen LogP contribution in [0.2, 0.25) is 0 Å². The summed E-state index contributed by atoms with van der Waals surface area (Å²) in [7, 11) is 0. The van der Waals surface area contributed by atoms with Gasteiger partial charge in [0.15, 0.2) is 5.82 Å². The second kappa shape index (κ2) is 8.80. The topological polar surface area (TPSA) is 172 Å². The Bertz CT molecular complexity index is 1560. The zero-order valence-corrected chi connectivity index (χ0v) is 17.4. The van der Waals surface area contributed by atoms with Crippen molar-refractivity contribution in [1.82, 2.24) is 19.5 Å². The normalized spacial score (nSPS) is 10.6. The molecule has 168 valence electrons. The van der Waals surface area contributed by atoms with Crippen LogP contribution in [0.4, 0.5) is 26.4 Å². The minimum absolute atomic E-state index is 0.0166. The predicted molar refractivity (Wildman–Crippen MR) is 120 cm³/mol. The first-order valence-electron chi connectivity index (χ1n) is 9.80. The van der Waals surface area contributed by atoms with Crippen LogP contribution < -0.4 is 22.3 Å². The average Bonchev–Trinajstić information content (AvgIpc) is 2.78. The molecule has 0 atom stereocenters. The molecule has 0 aliphatic heterocycles. The summed E-state index contributed by atoms with van der Waals surface area (Å²) in [6.07, 6.45) is 0.0394. The number of nitrogens with one attached hydrogen (secondary N) is 1. The van der Waals surface area contributed by atoms with Crippen molar-refractivity contribution in [3.8, 4) is 17.8 Å². The standard InChI is InChI=1S/C22H15F2N9O/c23-12-6-13(24)8-14(7-12)33-17(30-18-11(9-25)2-1-3-15(18)21(33)34)4-5-29-20-16(10-26)19(27)31-22(28)32-20/h1-3,6-8H,4-5H2,(H5,27,28,29,31,32). The molecule has 0 fully saturated rings. The number of nitrogen functional groups attached to an aromatic ring is 2. The van der Waals surface area contributed by atoms with Crippen molar-refractivity contribution in [3.63, 3.8) is 0 Å². The molecule has 12 heteroatoms. The second-order valence-corrected chi connectivity index (χ2v) is 7.09. The number of halogens is 2. The van der Waals surface area contributed by atoms with Gasteiger partial charge in [-0.25, -0.2) is 13.8 Å². The van der Waals surface area contributed by atoms with E-state index in [1.165, 1.54) is 18.2 Å². The summed E-state index contributed by atoms with van der Waals surface area (Å²) < 4.78 is 29.0. The summed E-state index contributed by atoms with van der Waals surface area (Å²) >= 11 is 0. The maximum Gasteiger partial charge on any atom is 0.266 e. The summed E-state index contributed by atoms with van der Waals surface area (Å²) in [5.41, 5.74) is 10.9. The van der Waals surface area contributed by atoms with E-state index in [9.17, 15) is 24.1 Å². The molecule has 0 amide bonds. The summed E-state index contributed by atoms with van der Waals surface area (Å²) in [4.78, 5) is 25.5. The van der Waals surface area contributed by atoms with Crippen LogP contribution in [0.5, 0.6) is 0 Å². The highest BCUT2D eigenvalue weighted by Gasteiger charge is 2.17. The molecule has 0 aliphatic rings. The fourth-order valence-electron chi connectivity index (χ4n) is 3.47. The number of nitrogens with zero attached hydrogens (tertiary/aromatic N) is 6. The van der Waals surface area contributed by atoms with Crippen molar-refractivity contribution in [2.24, 2.45) is 0 Å². The molecule has 2 aromatic carbocycles. The molecular formula is C22H15F2N9O. The third kappa shape index (κ3) is 4.03. The number of fused-ring (bicyclic) bond motifs is 1. The molecule has 0 bridgehead atoms. The monoisotopic (exact) mass is 459 g/mol. The Morgan fingerprint density at radius 2 is 1.76 bits per heavy atom. The third-order valence-corrected chi connectivity index (χ3v) is 4.90. The van der Waals surface area contributed by atoms with Gasteiger partial charge >= 0.3 is 0 Å². The Kier molecular flexibility index (Phi) is 5.72. The molecule has 34 heavy (non-hydrogen) atoms. The van der Waals surface area contributed by atoms with E-state index in [0.29, 0.717) is 6.07 Å². The van der Waals surface area contributed by atoms with Gasteiger partial charge in [0.05, 0.1) is 22.2 Å². The molecule has 2 aromatic heterocycles. The minimum Gasteiger partial charge on any atom is -0.382 e. The third-order valence-electron chi connectivity index (χ3n) is 4.90. The zero-order chi connectivity index (χ0) is 24.4. The number of benzene rings is 2. The first kappa shape index (κ1) is 22.1. The van der Waals surface area contributed by atoms with Gasteiger partial charge in [0.1, 0.15) is 41.0 Å². The number of hydrogen-bond donors (Lipinski definition) is 3. The molecule has 4 rings (SSSR count). The number of rotatable bonds is 5. The lowest BCUT2D eigenvalue weighted by molar-refractivity contribution is 0.580. The van der Waals surface area contributed by atoms with Crippen LogP contribution in [-0.4, -0.2) is 26.1 Å². The van der Waals surface area contributed by atoms with Gasteiger partial charge in [-0.05, 0) is 24.3 Å². The van der Waals surface area contributed by atoms with Gasteiger partial charge in [0, 0.05) is 19.0 Å². The van der Waals surface area contributed by atoms with E-state index < -0.39 is 17.2 Å². The van der Waals surface area contributed by atoms with Crippen LogP contribution in [0, 0.1) is 34.3 Å². The first-order chi connectivity index (χ1) is 16.3. The van der Waals surface area contributed by atoms with Crippen molar-refractivity contribution in [2.75, 3.05) is 23.3 Å². The van der Waals surface area contributed by atoms with Gasteiger partial charge in [-0.3, -0.25) is 9.36 Å². The Morgan fingerprint density at radius 1 is 1.03 bits per heavy atom. The Labute approximate surface area is 190 Å². The molecule has 2 heterocycles. The van der Waals surface area contributed by atoms with E-state index in [-0.39, 0.29) is 64.1 Å². The van der Waals surface area contributed by atoms with E-state index in [2.05, 4.69) is 20.3 Å². The van der Waals surface area contributed by atoms with Gasteiger partial charge in [0.25, 0.3) is 5.56 Å². The average molecular weight is 459 g/mol. The molecule has 4 aromatic rings. The molecule has 0 aliphatic carbocycles. The van der Waals surface area contributed by atoms with Gasteiger partial charge < -0.3 is 16.8 Å². The quantitative estimate of drug-likeness (QED) is 0.403. The van der Waals surface area contributed by atoms with Crippen molar-refractivity contribution in [2.45, 2.75) is 6.42 Å². The van der Waals surface area contributed by atoms with Gasteiger partial charge in [0.2, 0.25) is 5.95 Å². The minimum atomic E-state index is -0.873. The van der Waals surface area contributed by atoms with E-state index in [1.54, 1.807) is 0 Å². The van der Waals surface area contributed by atoms with Crippen LogP contribution >= 0.6 is 0 Å². The Hall–Kier alpha value is -5.10. The fraction of sp³-hybridized carbons (Fsp3) is 0.0909. The Balaban J connectivity index is 1.82. The molecule has 0 saturated heterocycles. The van der Waals surface area contributed by atoms with Crippen molar-refractivity contribution in [3.05, 3.63) is 75.3 Å². The maximum atomic E-state index is 13.9. The molecule has 0 radical (unpaired) electrons. The van der Waals surface area contributed by atoms with Gasteiger partial charge in [-0.1, -0.05) is 6.07 Å². The summed E-state index contributed by atoms with van der Waals surface area (Å²) in [6.45, 7) is 0.0784. The second-order valence-electron chi connectivity index (χ2n) is 7.09. The summed E-state index contributed by atoms with van der Waals surface area (Å²) in [5, 5.41) is 21.7. The molecular weight excluding hydrogens is 444 g/mol. The van der Waals surface area contributed by atoms with Crippen molar-refractivity contribution >= 4 is 28.5 Å². The summed E-state index contributed by atoms with van der Waals surface area (Å²) in [5.74, 6) is -1.80. The fourth-order valence-corrected chi connectivity index (χ4v) is 3.47. The highest BCUT2D eigenvalue weighted by molar-refractivity contribution is 5.83. The van der Waals surface area contributed by atoms with Crippen LogP contribution in [0.25, 0.3) is 16.6 Å². The molecule has 10 nitrogen and oxygen atoms in total. The Morgan fingerprint density at radius 3 is 2.44 bits per heavy atom. The van der Waals surface area contributed by atoms with E-state index in [0.717, 1.165) is 16.7 Å². The molecule has 0 saturated carbocycles. The lowest BCUT2D eigenvalue weighted by Crippen LogP contribution is -2.26. The number of hydrogen-bond acceptors (Lipinski definition) is 9. The van der Waals surface area contributed by atoms with Gasteiger partial charge in [-0.2, -0.15) is 20.5 Å². The number of aromatic nitrogens is 4. The molecule has 0 spiro atoms. The van der Waals surface area contributed by atoms with Gasteiger partial charge in [-0.15, -0.1) is 0 Å². The van der Waals surface area contributed by atoms with Crippen molar-refractivity contribution in [1.29, 1.82) is 10.5 Å². The van der Waals surface area contributed by atoms with Crippen LogP contribution in [0.3, 0.4) is 0 Å². The highest BCUT2D eigenvalue weighted by atomic mass is 19.1. The predicted octanol–water partition coefficient (Wildman–Crippen LogP) is 2.02. The lowest BCUT2D eigenvalue weighted by atomic mass is 10.1. The SMILES string of the molecule is N#Cc1c(N)nc(N)nc1NCCc1nc2c(C#N)cccc2c(=O)n1-c1cc(F)cc(F)c1. The number of nitriles is 2. The first-order valence-corrected chi connectivity index (χ1v) is 9.80. The smallest absolute Gasteiger partial charge is 0.266 e. The lowest BCUT2D eigenvalue weighted by Gasteiger charge is -2.15. The summed E-state index contributed by atoms with van der Waals surface area (Å²) in [6, 6.07) is 11.1. The van der Waals surface area contributed by atoms with Crippen LogP contribution in [-0.2, 0) is 6.42 Å². The largest absolute Gasteiger partial charge is 0.382 e. The van der Waals surface area contributed by atoms with Crippen molar-refractivity contribution < 1.29 is 8.78 Å². The van der Waals surface area contributed by atoms with E-state index in [1.807, 2.05) is 12.1 Å². The highest BCUT2D eigenvalue weighted by Crippen LogP contribution is 2.20. The van der Waals surface area contributed by atoms with Crippen LogP contribution in [0.1, 0.15) is 17.0 Å². The molecule has 5 N–H and O–H groups in total. The number of anilines is 3. The number of para-hydroxylation sites is 1. The van der Waals surface area contributed by atoms with E-state index >= 15 is 0 Å². The van der Waals surface area contributed by atoms with Crippen LogP contribution in [0.15, 0.2) is 41.2 Å². The zero-order valence-electron chi connectivity index (χ0n) is 17.4. The number of nitrogens with two attached hydrogens (primary N) is 2. The maximum absolute atomic E-state index is 13.9.